The molecule has 0 unspecified atom stereocenters. The molecule has 0 amide bonds. The number of rotatable bonds is 2. The molecule has 0 bridgehead atoms. The summed E-state index contributed by atoms with van der Waals surface area (Å²) in [5.74, 6) is -0.289. The lowest BCUT2D eigenvalue weighted by atomic mass is 10.1. The Labute approximate surface area is 80.3 Å². The normalized spacial score (nSPS) is 9.50. The molecule has 14 heavy (non-hydrogen) atoms. The van der Waals surface area contributed by atoms with E-state index in [9.17, 15) is 9.90 Å². The molecule has 72 valence electrons. The van der Waals surface area contributed by atoms with Gasteiger partial charge in [-0.25, -0.2) is 4.98 Å². The first kappa shape index (κ1) is 10.2. The summed E-state index contributed by atoms with van der Waals surface area (Å²) < 4.78 is 0. The van der Waals surface area contributed by atoms with Crippen LogP contribution in [0, 0.1) is 18.3 Å². The molecule has 0 aliphatic rings. The van der Waals surface area contributed by atoms with Gasteiger partial charge >= 0.3 is 0 Å². The molecular formula is C9H8N2O3. The number of aromatic nitrogens is 1. The van der Waals surface area contributed by atoms with Crippen LogP contribution < -0.4 is 0 Å². The molecule has 2 N–H and O–H groups in total. The molecule has 0 saturated heterocycles. The van der Waals surface area contributed by atoms with Gasteiger partial charge in [-0.2, -0.15) is 5.26 Å². The van der Waals surface area contributed by atoms with Crippen molar-refractivity contribution in [2.45, 2.75) is 13.5 Å². The van der Waals surface area contributed by atoms with Crippen molar-refractivity contribution >= 4 is 6.29 Å². The van der Waals surface area contributed by atoms with Crippen molar-refractivity contribution in [1.29, 1.82) is 5.26 Å². The first-order valence-electron chi connectivity index (χ1n) is 3.84. The van der Waals surface area contributed by atoms with E-state index < -0.39 is 6.61 Å². The fourth-order valence-electron chi connectivity index (χ4n) is 1.13. The van der Waals surface area contributed by atoms with E-state index in [2.05, 4.69) is 4.98 Å². The van der Waals surface area contributed by atoms with E-state index in [0.29, 0.717) is 6.29 Å². The Morgan fingerprint density at radius 3 is 2.71 bits per heavy atom. The lowest BCUT2D eigenvalue weighted by molar-refractivity contribution is 0.111. The number of aromatic hydroxyl groups is 1. The van der Waals surface area contributed by atoms with Crippen LogP contribution in [0.3, 0.4) is 0 Å². The van der Waals surface area contributed by atoms with Crippen molar-refractivity contribution in [3.8, 4) is 11.8 Å². The predicted octanol–water partition coefficient (Wildman–Crippen LogP) is 0.272. The van der Waals surface area contributed by atoms with E-state index >= 15 is 0 Å². The van der Waals surface area contributed by atoms with Crippen molar-refractivity contribution in [1.82, 2.24) is 4.98 Å². The molecule has 0 radical (unpaired) electrons. The number of pyridine rings is 1. The maximum Gasteiger partial charge on any atom is 0.154 e. The van der Waals surface area contributed by atoms with Crippen LogP contribution in [0.4, 0.5) is 0 Å². The predicted molar refractivity (Wildman–Crippen MR) is 46.7 cm³/mol. The molecule has 5 nitrogen and oxygen atoms in total. The Hall–Kier alpha value is -1.93. The van der Waals surface area contributed by atoms with E-state index in [1.54, 1.807) is 6.07 Å². The van der Waals surface area contributed by atoms with E-state index in [1.807, 2.05) is 0 Å². The number of aliphatic hydroxyl groups is 1. The highest BCUT2D eigenvalue weighted by atomic mass is 16.3. The third-order valence-corrected chi connectivity index (χ3v) is 1.87. The van der Waals surface area contributed by atoms with Gasteiger partial charge in [0.15, 0.2) is 6.29 Å². The molecule has 0 atom stereocenters. The van der Waals surface area contributed by atoms with Gasteiger partial charge < -0.3 is 10.2 Å². The monoisotopic (exact) mass is 192 g/mol. The van der Waals surface area contributed by atoms with Crippen LogP contribution in [0.15, 0.2) is 0 Å². The topological polar surface area (TPSA) is 94.2 Å². The highest BCUT2D eigenvalue weighted by Crippen LogP contribution is 2.24. The van der Waals surface area contributed by atoms with Gasteiger partial charge in [-0.1, -0.05) is 0 Å². The van der Waals surface area contributed by atoms with Gasteiger partial charge in [-0.3, -0.25) is 4.79 Å². The zero-order chi connectivity index (χ0) is 10.7. The number of aryl methyl sites for hydroxylation is 1. The maximum absolute atomic E-state index is 10.6. The molecular weight excluding hydrogens is 184 g/mol. The summed E-state index contributed by atoms with van der Waals surface area (Å²) in [5.41, 5.74) is 0.146. The number of aldehydes is 1. The quantitative estimate of drug-likeness (QED) is 0.656. The Morgan fingerprint density at radius 1 is 1.64 bits per heavy atom. The fourth-order valence-corrected chi connectivity index (χ4v) is 1.13. The highest BCUT2D eigenvalue weighted by Gasteiger charge is 2.15. The molecule has 1 aromatic rings. The van der Waals surface area contributed by atoms with Gasteiger partial charge in [-0.15, -0.1) is 0 Å². The lowest BCUT2D eigenvalue weighted by Crippen LogP contribution is -2.02. The number of carbonyl (C=O) groups excluding carboxylic acids is 1. The summed E-state index contributed by atoms with van der Waals surface area (Å²) in [6, 6.07) is 1.75. The van der Waals surface area contributed by atoms with Crippen molar-refractivity contribution in [3.05, 3.63) is 22.5 Å². The number of hydrogen-bond donors (Lipinski definition) is 2. The SMILES string of the molecule is Cc1nc(C#N)c(CO)c(C=O)c1O. The van der Waals surface area contributed by atoms with Crippen LogP contribution in [-0.2, 0) is 6.61 Å². The van der Waals surface area contributed by atoms with Gasteiger partial charge in [0, 0.05) is 5.56 Å². The zero-order valence-corrected chi connectivity index (χ0v) is 7.48. The Bertz CT molecular complexity index is 421. The molecule has 1 aromatic heterocycles. The first-order chi connectivity index (χ1) is 6.65. The summed E-state index contributed by atoms with van der Waals surface area (Å²) >= 11 is 0. The molecule has 1 rings (SSSR count). The van der Waals surface area contributed by atoms with Gasteiger partial charge in [0.2, 0.25) is 0 Å². The van der Waals surface area contributed by atoms with Crippen molar-refractivity contribution in [2.75, 3.05) is 0 Å². The molecule has 0 aliphatic heterocycles. The zero-order valence-electron chi connectivity index (χ0n) is 7.48. The second-order valence-corrected chi connectivity index (χ2v) is 2.67. The average molecular weight is 192 g/mol. The summed E-state index contributed by atoms with van der Waals surface area (Å²) in [4.78, 5) is 14.4. The fraction of sp³-hybridized carbons (Fsp3) is 0.222. The van der Waals surface area contributed by atoms with E-state index in [-0.39, 0.29) is 28.3 Å². The number of nitriles is 1. The summed E-state index contributed by atoms with van der Waals surface area (Å²) in [7, 11) is 0. The minimum Gasteiger partial charge on any atom is -0.505 e. The molecule has 1 heterocycles. The Kier molecular flexibility index (Phi) is 2.79. The Balaban J connectivity index is 3.60. The minimum atomic E-state index is -0.502. The number of nitrogens with zero attached hydrogens (tertiary/aromatic N) is 2. The number of aliphatic hydroxyl groups excluding tert-OH is 1. The van der Waals surface area contributed by atoms with Crippen LogP contribution >= 0.6 is 0 Å². The van der Waals surface area contributed by atoms with Crippen molar-refractivity contribution in [2.24, 2.45) is 0 Å². The lowest BCUT2D eigenvalue weighted by Gasteiger charge is -2.07. The molecule has 0 saturated carbocycles. The molecule has 0 fully saturated rings. The molecule has 5 heteroatoms. The van der Waals surface area contributed by atoms with Crippen LogP contribution in [0.25, 0.3) is 0 Å². The van der Waals surface area contributed by atoms with E-state index in [1.165, 1.54) is 6.92 Å². The first-order valence-corrected chi connectivity index (χ1v) is 3.84. The van der Waals surface area contributed by atoms with Gasteiger partial charge in [0.25, 0.3) is 0 Å². The third kappa shape index (κ3) is 1.43. The Morgan fingerprint density at radius 2 is 2.29 bits per heavy atom. The largest absolute Gasteiger partial charge is 0.505 e. The van der Waals surface area contributed by atoms with Crippen LogP contribution in [0.5, 0.6) is 5.75 Å². The van der Waals surface area contributed by atoms with Crippen LogP contribution in [-0.4, -0.2) is 21.5 Å². The molecule has 0 aromatic carbocycles. The van der Waals surface area contributed by atoms with Gasteiger partial charge in [0.05, 0.1) is 17.9 Å². The third-order valence-electron chi connectivity index (χ3n) is 1.87. The van der Waals surface area contributed by atoms with E-state index in [0.717, 1.165) is 0 Å². The second kappa shape index (κ2) is 3.85. The average Bonchev–Trinajstić information content (AvgIpc) is 2.20. The van der Waals surface area contributed by atoms with Crippen LogP contribution in [0.2, 0.25) is 0 Å². The standard InChI is InChI=1S/C9H8N2O3/c1-5-9(14)7(4-13)6(3-12)8(2-10)11-5/h4,12,14H,3H2,1H3. The smallest absolute Gasteiger partial charge is 0.154 e. The molecule has 0 aliphatic carbocycles. The van der Waals surface area contributed by atoms with E-state index in [4.69, 9.17) is 10.4 Å². The number of hydrogen-bond acceptors (Lipinski definition) is 5. The van der Waals surface area contributed by atoms with Crippen LogP contribution in [0.1, 0.15) is 27.3 Å². The van der Waals surface area contributed by atoms with Crippen molar-refractivity contribution < 1.29 is 15.0 Å². The van der Waals surface area contributed by atoms with Gasteiger partial charge in [-0.05, 0) is 6.92 Å². The van der Waals surface area contributed by atoms with Crippen molar-refractivity contribution in [3.63, 3.8) is 0 Å². The summed E-state index contributed by atoms with van der Waals surface area (Å²) in [5, 5.41) is 27.0. The summed E-state index contributed by atoms with van der Waals surface area (Å²) in [6.45, 7) is 0.974. The number of carbonyl (C=O) groups is 1. The summed E-state index contributed by atoms with van der Waals surface area (Å²) in [6.07, 6.45) is 0.399. The highest BCUT2D eigenvalue weighted by molar-refractivity contribution is 5.82. The van der Waals surface area contributed by atoms with Gasteiger partial charge in [0.1, 0.15) is 17.5 Å². The minimum absolute atomic E-state index is 0.0371. The molecule has 0 spiro atoms. The maximum atomic E-state index is 10.6. The second-order valence-electron chi connectivity index (χ2n) is 2.67.